The lowest BCUT2D eigenvalue weighted by molar-refractivity contribution is -0.142. The van der Waals surface area contributed by atoms with E-state index in [2.05, 4.69) is 15.6 Å². The van der Waals surface area contributed by atoms with Crippen LogP contribution in [-0.2, 0) is 23.1 Å². The van der Waals surface area contributed by atoms with Crippen molar-refractivity contribution in [1.82, 2.24) is 25.1 Å². The van der Waals surface area contributed by atoms with Crippen LogP contribution in [0.4, 0.5) is 4.79 Å². The van der Waals surface area contributed by atoms with E-state index in [1.54, 1.807) is 57.3 Å². The smallest absolute Gasteiger partial charge is 0.409 e. The van der Waals surface area contributed by atoms with Gasteiger partial charge in [0.15, 0.2) is 0 Å². The zero-order valence-electron chi connectivity index (χ0n) is 19.6. The van der Waals surface area contributed by atoms with Crippen molar-refractivity contribution in [3.05, 3.63) is 54.1 Å². The van der Waals surface area contributed by atoms with E-state index in [-0.39, 0.29) is 13.1 Å². The van der Waals surface area contributed by atoms with Crippen LogP contribution in [0.2, 0.25) is 0 Å². The Hall–Kier alpha value is -3.40. The number of ether oxygens (including phenoxy) is 1. The number of hydrogen-bond donors (Lipinski definition) is 3. The lowest BCUT2D eigenvalue weighted by atomic mass is 10.1. The molecule has 1 heterocycles. The van der Waals surface area contributed by atoms with Crippen LogP contribution in [0.1, 0.15) is 49.8 Å². The highest BCUT2D eigenvalue weighted by Gasteiger charge is 2.30. The summed E-state index contributed by atoms with van der Waals surface area (Å²) in [4.78, 5) is 42.7. The molecule has 1 aromatic heterocycles. The van der Waals surface area contributed by atoms with Crippen LogP contribution < -0.4 is 10.6 Å². The van der Waals surface area contributed by atoms with Crippen LogP contribution in [0.5, 0.6) is 0 Å². The monoisotopic (exact) mass is 459 g/mol. The summed E-state index contributed by atoms with van der Waals surface area (Å²) in [6, 6.07) is 7.25. The van der Waals surface area contributed by atoms with Gasteiger partial charge in [-0.05, 0) is 52.3 Å². The number of imidazole rings is 1. The topological polar surface area (TPSA) is 126 Å². The zero-order valence-corrected chi connectivity index (χ0v) is 19.6. The van der Waals surface area contributed by atoms with Gasteiger partial charge in [-0.25, -0.2) is 14.6 Å². The number of alkyl carbamates (subject to hydrolysis) is 1. The number of hydrogen-bond acceptors (Lipinski definition) is 6. The predicted octanol–water partition coefficient (Wildman–Crippen LogP) is 2.37. The number of nitrogens with zero attached hydrogens (tertiary/aromatic N) is 3. The van der Waals surface area contributed by atoms with E-state index >= 15 is 0 Å². The number of nitrogens with one attached hydrogen (secondary N) is 2. The second-order valence-corrected chi connectivity index (χ2v) is 8.61. The number of amides is 2. The molecule has 0 saturated carbocycles. The van der Waals surface area contributed by atoms with E-state index in [0.717, 1.165) is 10.7 Å². The van der Waals surface area contributed by atoms with Crippen molar-refractivity contribution in [2.75, 3.05) is 13.2 Å². The van der Waals surface area contributed by atoms with Crippen molar-refractivity contribution >= 4 is 18.0 Å². The Morgan fingerprint density at radius 2 is 1.91 bits per heavy atom. The summed E-state index contributed by atoms with van der Waals surface area (Å²) < 4.78 is 7.12. The Morgan fingerprint density at radius 1 is 1.21 bits per heavy atom. The highest BCUT2D eigenvalue weighted by atomic mass is 16.6. The van der Waals surface area contributed by atoms with Crippen molar-refractivity contribution in [2.24, 2.45) is 7.05 Å². The van der Waals surface area contributed by atoms with Gasteiger partial charge in [-0.1, -0.05) is 18.2 Å². The third-order valence-corrected chi connectivity index (χ3v) is 4.77. The molecule has 1 aromatic carbocycles. The Kier molecular flexibility index (Phi) is 9.41. The first-order valence-corrected chi connectivity index (χ1v) is 10.8. The molecule has 1 atom stereocenters. The van der Waals surface area contributed by atoms with Crippen LogP contribution in [0.15, 0.2) is 42.7 Å². The minimum Gasteiger partial charge on any atom is -0.480 e. The largest absolute Gasteiger partial charge is 0.480 e. The number of aryl methyl sites for hydroxylation is 1. The Morgan fingerprint density at radius 3 is 2.48 bits per heavy atom. The molecular weight excluding hydrogens is 426 g/mol. The summed E-state index contributed by atoms with van der Waals surface area (Å²) in [5.41, 5.74) is -0.383. The van der Waals surface area contributed by atoms with Crippen LogP contribution in [0.25, 0.3) is 0 Å². The normalized spacial score (nSPS) is 12.1. The van der Waals surface area contributed by atoms with Gasteiger partial charge in [-0.15, -0.1) is 0 Å². The van der Waals surface area contributed by atoms with Gasteiger partial charge in [-0.3, -0.25) is 4.79 Å². The average molecular weight is 460 g/mol. The number of carbonyl (C=O) groups is 3. The maximum Gasteiger partial charge on any atom is 0.409 e. The second kappa shape index (κ2) is 12.0. The van der Waals surface area contributed by atoms with Gasteiger partial charge < -0.3 is 29.9 Å². The molecule has 0 aliphatic carbocycles. The van der Waals surface area contributed by atoms with Gasteiger partial charge in [0, 0.05) is 25.0 Å². The minimum atomic E-state index is -1.14. The summed E-state index contributed by atoms with van der Waals surface area (Å²) in [7, 11) is 1.90. The number of aliphatic carboxylic acids is 1. The molecule has 0 saturated heterocycles. The van der Waals surface area contributed by atoms with Gasteiger partial charge in [-0.2, -0.15) is 0 Å². The van der Waals surface area contributed by atoms with E-state index in [0.29, 0.717) is 25.1 Å². The first-order chi connectivity index (χ1) is 15.6. The average Bonchev–Trinajstić information content (AvgIpc) is 3.15. The van der Waals surface area contributed by atoms with E-state index < -0.39 is 29.6 Å². The minimum absolute atomic E-state index is 0.206. The molecule has 0 aliphatic heterocycles. The lowest BCUT2D eigenvalue weighted by Crippen LogP contribution is -2.51. The number of aromatic nitrogens is 2. The standard InChI is InChI=1S/C23H33N5O5/c1-23(2,3)33-22(32)26-16-28(20(29)17-9-6-5-7-10-17)18(21(30)31)11-8-12-24-15-19-25-13-14-27(19)4/h5-7,9-10,13-14,18,24H,8,11-12,15-16H2,1-4H3,(H,26,32)(H,30,31)/t18-/m0/s1. The number of carbonyl (C=O) groups excluding carboxylic acids is 2. The summed E-state index contributed by atoms with van der Waals surface area (Å²) in [6.07, 6.45) is 3.54. The first kappa shape index (κ1) is 25.9. The molecule has 33 heavy (non-hydrogen) atoms. The molecule has 2 aromatic rings. The lowest BCUT2D eigenvalue weighted by Gasteiger charge is -2.30. The van der Waals surface area contributed by atoms with Crippen molar-refractivity contribution in [3.63, 3.8) is 0 Å². The van der Waals surface area contributed by atoms with Crippen molar-refractivity contribution in [3.8, 4) is 0 Å². The summed E-state index contributed by atoms with van der Waals surface area (Å²) >= 11 is 0. The number of carboxylic acid groups (broad SMARTS) is 1. The number of rotatable bonds is 11. The quantitative estimate of drug-likeness (QED) is 0.348. The fourth-order valence-electron chi connectivity index (χ4n) is 3.13. The second-order valence-electron chi connectivity index (χ2n) is 8.61. The molecule has 0 spiro atoms. The van der Waals surface area contributed by atoms with Crippen LogP contribution in [0.3, 0.4) is 0 Å². The summed E-state index contributed by atoms with van der Waals surface area (Å²) in [6.45, 7) is 5.96. The molecule has 10 heteroatoms. The molecule has 0 unspecified atom stereocenters. The Labute approximate surface area is 193 Å². The first-order valence-electron chi connectivity index (χ1n) is 10.8. The molecule has 10 nitrogen and oxygen atoms in total. The number of carboxylic acids is 1. The van der Waals surface area contributed by atoms with Gasteiger partial charge in [0.2, 0.25) is 0 Å². The van der Waals surface area contributed by atoms with Crippen LogP contribution in [-0.4, -0.2) is 62.4 Å². The van der Waals surface area contributed by atoms with Gasteiger partial charge >= 0.3 is 12.1 Å². The number of benzene rings is 1. The fraction of sp³-hybridized carbons (Fsp3) is 0.478. The van der Waals surface area contributed by atoms with Gasteiger partial charge in [0.1, 0.15) is 17.5 Å². The summed E-state index contributed by atoms with van der Waals surface area (Å²) in [5, 5.41) is 15.6. The summed E-state index contributed by atoms with van der Waals surface area (Å²) in [5.74, 6) is -0.762. The van der Waals surface area contributed by atoms with E-state index in [1.165, 1.54) is 0 Å². The van der Waals surface area contributed by atoms with E-state index in [9.17, 15) is 19.5 Å². The maximum absolute atomic E-state index is 13.1. The Balaban J connectivity index is 2.04. The molecule has 0 fully saturated rings. The van der Waals surface area contributed by atoms with Crippen LogP contribution >= 0.6 is 0 Å². The highest BCUT2D eigenvalue weighted by Crippen LogP contribution is 2.13. The molecule has 180 valence electrons. The predicted molar refractivity (Wildman–Crippen MR) is 122 cm³/mol. The van der Waals surface area contributed by atoms with E-state index in [4.69, 9.17) is 4.74 Å². The van der Waals surface area contributed by atoms with Crippen molar-refractivity contribution in [2.45, 2.75) is 51.8 Å². The van der Waals surface area contributed by atoms with Gasteiger partial charge in [0.25, 0.3) is 5.91 Å². The van der Waals surface area contributed by atoms with E-state index in [1.807, 2.05) is 17.8 Å². The maximum atomic E-state index is 13.1. The third-order valence-electron chi connectivity index (χ3n) is 4.77. The molecule has 0 aliphatic rings. The fourth-order valence-corrected chi connectivity index (χ4v) is 3.13. The molecular formula is C23H33N5O5. The SMILES string of the molecule is Cn1ccnc1CNCCC[C@@H](C(=O)O)N(CNC(=O)OC(C)(C)C)C(=O)c1ccccc1. The third kappa shape index (κ3) is 8.57. The van der Waals surface area contributed by atoms with Crippen molar-refractivity contribution < 1.29 is 24.2 Å². The van der Waals surface area contributed by atoms with Crippen LogP contribution in [0, 0.1) is 0 Å². The Bertz CT molecular complexity index is 923. The molecule has 2 amide bonds. The zero-order chi connectivity index (χ0) is 24.4. The molecule has 3 N–H and O–H groups in total. The van der Waals surface area contributed by atoms with Gasteiger partial charge in [0.05, 0.1) is 13.2 Å². The molecule has 0 bridgehead atoms. The molecule has 2 rings (SSSR count). The van der Waals surface area contributed by atoms with Crippen molar-refractivity contribution in [1.29, 1.82) is 0 Å². The highest BCUT2D eigenvalue weighted by molar-refractivity contribution is 5.96. The molecule has 0 radical (unpaired) electrons.